The van der Waals surface area contributed by atoms with Crippen molar-refractivity contribution in [2.45, 2.75) is 0 Å². The summed E-state index contributed by atoms with van der Waals surface area (Å²) in [6.45, 7) is 0. The number of ether oxygens (including phenoxy) is 1. The van der Waals surface area contributed by atoms with E-state index in [1.54, 1.807) is 0 Å². The molecule has 0 heterocycles. The van der Waals surface area contributed by atoms with Crippen molar-refractivity contribution in [3.8, 4) is 11.5 Å². The summed E-state index contributed by atoms with van der Waals surface area (Å²) >= 11 is 0. The minimum atomic E-state index is -1.64. The van der Waals surface area contributed by atoms with Crippen LogP contribution in [-0.4, -0.2) is 6.29 Å². The zero-order valence-corrected chi connectivity index (χ0v) is 9.29. The van der Waals surface area contributed by atoms with Gasteiger partial charge in [0.2, 0.25) is 0 Å². The SMILES string of the molecule is O=Cc1ccc(Oc2cc(F)c(F)c(F)c2)c(F)c1. The Bertz CT molecular complexity index is 618. The molecule has 2 nitrogen and oxygen atoms in total. The lowest BCUT2D eigenvalue weighted by Crippen LogP contribution is -1.95. The average Bonchev–Trinajstić information content (AvgIpc) is 2.38. The third-order valence-electron chi connectivity index (χ3n) is 2.28. The predicted molar refractivity (Wildman–Crippen MR) is 58.2 cm³/mol. The fourth-order valence-electron chi connectivity index (χ4n) is 1.39. The summed E-state index contributed by atoms with van der Waals surface area (Å²) in [5.74, 6) is -6.14. The number of carbonyl (C=O) groups is 1. The van der Waals surface area contributed by atoms with Gasteiger partial charge in [0.05, 0.1) is 0 Å². The first-order valence-electron chi connectivity index (χ1n) is 5.08. The maximum Gasteiger partial charge on any atom is 0.194 e. The molecular weight excluding hydrogens is 264 g/mol. The molecule has 19 heavy (non-hydrogen) atoms. The molecule has 98 valence electrons. The molecule has 0 fully saturated rings. The second-order valence-corrected chi connectivity index (χ2v) is 3.61. The molecule has 0 amide bonds. The van der Waals surface area contributed by atoms with Crippen LogP contribution in [0.5, 0.6) is 11.5 Å². The zero-order chi connectivity index (χ0) is 14.0. The number of benzene rings is 2. The molecular formula is C13H6F4O2. The molecule has 0 saturated heterocycles. The number of rotatable bonds is 3. The van der Waals surface area contributed by atoms with E-state index in [1.807, 2.05) is 0 Å². The summed E-state index contributed by atoms with van der Waals surface area (Å²) in [5.41, 5.74) is 0.0846. The second kappa shape index (κ2) is 5.09. The van der Waals surface area contributed by atoms with Crippen LogP contribution in [0.1, 0.15) is 10.4 Å². The first-order chi connectivity index (χ1) is 9.01. The van der Waals surface area contributed by atoms with Gasteiger partial charge in [0.1, 0.15) is 12.0 Å². The fourth-order valence-corrected chi connectivity index (χ4v) is 1.39. The van der Waals surface area contributed by atoms with Gasteiger partial charge in [0.25, 0.3) is 0 Å². The maximum absolute atomic E-state index is 13.5. The van der Waals surface area contributed by atoms with Crippen LogP contribution in [0.15, 0.2) is 30.3 Å². The molecule has 0 atom stereocenters. The maximum atomic E-state index is 13.5. The monoisotopic (exact) mass is 270 g/mol. The van der Waals surface area contributed by atoms with Crippen LogP contribution in [-0.2, 0) is 0 Å². The van der Waals surface area contributed by atoms with Gasteiger partial charge in [0, 0.05) is 17.7 Å². The third kappa shape index (κ3) is 2.73. The van der Waals surface area contributed by atoms with Crippen LogP contribution in [0.2, 0.25) is 0 Å². The summed E-state index contributed by atoms with van der Waals surface area (Å²) in [6.07, 6.45) is 0.435. The molecule has 0 aromatic heterocycles. The molecule has 0 N–H and O–H groups in total. The quantitative estimate of drug-likeness (QED) is 0.481. The number of hydrogen-bond acceptors (Lipinski definition) is 2. The summed E-state index contributed by atoms with van der Waals surface area (Å²) in [4.78, 5) is 10.4. The summed E-state index contributed by atoms with van der Waals surface area (Å²) in [6, 6.07) is 4.47. The van der Waals surface area contributed by atoms with Crippen LogP contribution >= 0.6 is 0 Å². The van der Waals surface area contributed by atoms with Crippen molar-refractivity contribution in [2.24, 2.45) is 0 Å². The van der Waals surface area contributed by atoms with E-state index >= 15 is 0 Å². The fraction of sp³-hybridized carbons (Fsp3) is 0. The molecule has 2 aromatic carbocycles. The first-order valence-corrected chi connectivity index (χ1v) is 5.08. The molecule has 0 aliphatic heterocycles. The Kier molecular flexibility index (Phi) is 3.50. The van der Waals surface area contributed by atoms with Gasteiger partial charge in [-0.05, 0) is 18.2 Å². The van der Waals surface area contributed by atoms with Crippen molar-refractivity contribution in [1.29, 1.82) is 0 Å². The molecule has 0 radical (unpaired) electrons. The lowest BCUT2D eigenvalue weighted by Gasteiger charge is -2.07. The number of aldehydes is 1. The Hall–Kier alpha value is -2.37. The van der Waals surface area contributed by atoms with Crippen molar-refractivity contribution in [1.82, 2.24) is 0 Å². The molecule has 0 aliphatic rings. The summed E-state index contributed by atoms with van der Waals surface area (Å²) in [7, 11) is 0. The van der Waals surface area contributed by atoms with E-state index in [1.165, 1.54) is 6.07 Å². The van der Waals surface area contributed by atoms with Gasteiger partial charge < -0.3 is 4.74 Å². The van der Waals surface area contributed by atoms with Crippen molar-refractivity contribution in [3.63, 3.8) is 0 Å². The highest BCUT2D eigenvalue weighted by atomic mass is 19.2. The first kappa shape index (κ1) is 13.1. The van der Waals surface area contributed by atoms with Crippen LogP contribution in [0.25, 0.3) is 0 Å². The minimum absolute atomic E-state index is 0.0846. The predicted octanol–water partition coefficient (Wildman–Crippen LogP) is 3.85. The number of halogens is 4. The van der Waals surface area contributed by atoms with Crippen molar-refractivity contribution >= 4 is 6.29 Å². The Morgan fingerprint density at radius 2 is 1.53 bits per heavy atom. The third-order valence-corrected chi connectivity index (χ3v) is 2.28. The summed E-state index contributed by atoms with van der Waals surface area (Å²) < 4.78 is 56.9. The van der Waals surface area contributed by atoms with Gasteiger partial charge in [-0.3, -0.25) is 4.79 Å². The zero-order valence-electron chi connectivity index (χ0n) is 9.29. The standard InChI is InChI=1S/C13H6F4O2/c14-9-3-7(6-18)1-2-12(9)19-8-4-10(15)13(17)11(16)5-8/h1-6H. The number of carbonyl (C=O) groups excluding carboxylic acids is 1. The Labute approximate surface area is 105 Å². The van der Waals surface area contributed by atoms with E-state index in [0.717, 1.165) is 12.1 Å². The molecule has 2 rings (SSSR count). The Morgan fingerprint density at radius 3 is 2.05 bits per heavy atom. The highest BCUT2D eigenvalue weighted by molar-refractivity contribution is 5.75. The van der Waals surface area contributed by atoms with Gasteiger partial charge >= 0.3 is 0 Å². The largest absolute Gasteiger partial charge is 0.454 e. The molecule has 2 aromatic rings. The van der Waals surface area contributed by atoms with Crippen LogP contribution in [0.3, 0.4) is 0 Å². The highest BCUT2D eigenvalue weighted by Crippen LogP contribution is 2.27. The molecule has 0 saturated carbocycles. The van der Waals surface area contributed by atoms with Crippen molar-refractivity contribution in [2.75, 3.05) is 0 Å². The van der Waals surface area contributed by atoms with Crippen molar-refractivity contribution < 1.29 is 27.1 Å². The summed E-state index contributed by atoms with van der Waals surface area (Å²) in [5, 5.41) is 0. The van der Waals surface area contributed by atoms with E-state index in [2.05, 4.69) is 0 Å². The molecule has 0 aliphatic carbocycles. The van der Waals surface area contributed by atoms with Crippen molar-refractivity contribution in [3.05, 3.63) is 59.2 Å². The Morgan fingerprint density at radius 1 is 0.895 bits per heavy atom. The molecule has 0 bridgehead atoms. The van der Waals surface area contributed by atoms with Crippen LogP contribution in [0.4, 0.5) is 17.6 Å². The van der Waals surface area contributed by atoms with Gasteiger partial charge in [-0.2, -0.15) is 0 Å². The highest BCUT2D eigenvalue weighted by Gasteiger charge is 2.13. The van der Waals surface area contributed by atoms with E-state index in [0.29, 0.717) is 18.4 Å². The second-order valence-electron chi connectivity index (χ2n) is 3.61. The molecule has 0 unspecified atom stereocenters. The molecule has 0 spiro atoms. The number of hydrogen-bond donors (Lipinski definition) is 0. The van der Waals surface area contributed by atoms with E-state index in [4.69, 9.17) is 4.74 Å². The van der Waals surface area contributed by atoms with Crippen LogP contribution < -0.4 is 4.74 Å². The smallest absolute Gasteiger partial charge is 0.194 e. The van der Waals surface area contributed by atoms with Gasteiger partial charge in [-0.1, -0.05) is 0 Å². The van der Waals surface area contributed by atoms with Crippen LogP contribution in [0, 0.1) is 23.3 Å². The lowest BCUT2D eigenvalue weighted by molar-refractivity contribution is 0.112. The normalized spacial score (nSPS) is 10.3. The van der Waals surface area contributed by atoms with E-state index in [9.17, 15) is 22.4 Å². The molecule has 6 heteroatoms. The van der Waals surface area contributed by atoms with E-state index < -0.39 is 29.0 Å². The van der Waals surface area contributed by atoms with Gasteiger partial charge in [-0.25, -0.2) is 17.6 Å². The Balaban J connectivity index is 2.33. The van der Waals surface area contributed by atoms with Gasteiger partial charge in [-0.15, -0.1) is 0 Å². The average molecular weight is 270 g/mol. The lowest BCUT2D eigenvalue weighted by atomic mass is 10.2. The minimum Gasteiger partial charge on any atom is -0.454 e. The van der Waals surface area contributed by atoms with Gasteiger partial charge in [0.15, 0.2) is 29.0 Å². The van der Waals surface area contributed by atoms with E-state index in [-0.39, 0.29) is 11.3 Å². The topological polar surface area (TPSA) is 26.3 Å².